The Hall–Kier alpha value is -0.940. The van der Waals surface area contributed by atoms with E-state index in [1.807, 2.05) is 0 Å². The highest BCUT2D eigenvalue weighted by Crippen LogP contribution is 2.17. The first-order valence-electron chi connectivity index (χ1n) is 6.01. The summed E-state index contributed by atoms with van der Waals surface area (Å²) in [4.78, 5) is 3.85. The van der Waals surface area contributed by atoms with Gasteiger partial charge in [-0.15, -0.1) is 0 Å². The Morgan fingerprint density at radius 1 is 1.06 bits per heavy atom. The molecule has 0 aliphatic carbocycles. The first-order chi connectivity index (χ1) is 7.99. The molecule has 0 fully saturated rings. The number of nitrogens with zero attached hydrogens (tertiary/aromatic N) is 1. The molecule has 0 aromatic heterocycles. The molecule has 0 aliphatic heterocycles. The molecule has 17 heavy (non-hydrogen) atoms. The number of halogens is 3. The van der Waals surface area contributed by atoms with Crippen LogP contribution >= 0.6 is 0 Å². The zero-order chi connectivity index (χ0) is 13.1. The summed E-state index contributed by atoms with van der Waals surface area (Å²) in [6.45, 7) is 2.73. The van der Waals surface area contributed by atoms with Crippen molar-refractivity contribution in [2.24, 2.45) is 4.99 Å². The van der Waals surface area contributed by atoms with Gasteiger partial charge in [-0.2, -0.15) is 13.2 Å². The van der Waals surface area contributed by atoms with Crippen LogP contribution < -0.4 is 10.6 Å². The third-order valence-corrected chi connectivity index (χ3v) is 2.25. The van der Waals surface area contributed by atoms with Gasteiger partial charge in [0.15, 0.2) is 5.96 Å². The molecule has 0 bridgehead atoms. The first-order valence-corrected chi connectivity index (χ1v) is 6.01. The number of alkyl halides is 3. The summed E-state index contributed by atoms with van der Waals surface area (Å²) in [6.07, 6.45) is -0.478. The van der Waals surface area contributed by atoms with Crippen LogP contribution in [0.15, 0.2) is 4.99 Å². The molecule has 2 N–H and O–H groups in total. The molecular weight excluding hydrogens is 231 g/mol. The Morgan fingerprint density at radius 2 is 1.71 bits per heavy atom. The normalized spacial score (nSPS) is 12.6. The van der Waals surface area contributed by atoms with Gasteiger partial charge in [0.05, 0.1) is 6.42 Å². The van der Waals surface area contributed by atoms with Crippen LogP contribution in [0.2, 0.25) is 0 Å². The maximum atomic E-state index is 11.9. The summed E-state index contributed by atoms with van der Waals surface area (Å²) in [5, 5.41) is 5.62. The van der Waals surface area contributed by atoms with Crippen LogP contribution in [-0.2, 0) is 0 Å². The number of hydrogen-bond acceptors (Lipinski definition) is 1. The second kappa shape index (κ2) is 9.13. The zero-order valence-electron chi connectivity index (χ0n) is 10.5. The lowest BCUT2D eigenvalue weighted by Gasteiger charge is -2.12. The largest absolute Gasteiger partial charge is 0.390 e. The van der Waals surface area contributed by atoms with Crippen LogP contribution in [0.5, 0.6) is 0 Å². The van der Waals surface area contributed by atoms with Gasteiger partial charge in [0.1, 0.15) is 0 Å². The van der Waals surface area contributed by atoms with Gasteiger partial charge in [0, 0.05) is 20.1 Å². The maximum Gasteiger partial charge on any atom is 0.390 e. The molecule has 0 aromatic rings. The Labute approximate surface area is 101 Å². The van der Waals surface area contributed by atoms with Crippen molar-refractivity contribution in [3.8, 4) is 0 Å². The molecule has 0 aliphatic rings. The van der Waals surface area contributed by atoms with E-state index >= 15 is 0 Å². The summed E-state index contributed by atoms with van der Waals surface area (Å²) >= 11 is 0. The van der Waals surface area contributed by atoms with Crippen molar-refractivity contribution in [3.05, 3.63) is 0 Å². The highest BCUT2D eigenvalue weighted by molar-refractivity contribution is 5.79. The van der Waals surface area contributed by atoms with Crippen molar-refractivity contribution in [2.75, 3.05) is 20.1 Å². The number of nitrogens with one attached hydrogen (secondary N) is 2. The van der Waals surface area contributed by atoms with E-state index in [1.165, 1.54) is 12.8 Å². The van der Waals surface area contributed by atoms with Crippen LogP contribution in [0.4, 0.5) is 13.2 Å². The van der Waals surface area contributed by atoms with Gasteiger partial charge in [-0.25, -0.2) is 0 Å². The van der Waals surface area contributed by atoms with Crippen LogP contribution in [0.25, 0.3) is 0 Å². The minimum atomic E-state index is -4.12. The number of guanidine groups is 1. The molecule has 0 atom stereocenters. The standard InChI is InChI=1S/C11H22F3N3/c1-3-4-5-6-8-16-10(15-2)17-9-7-11(12,13)14/h3-9H2,1-2H3,(H2,15,16,17). The molecule has 0 radical (unpaired) electrons. The van der Waals surface area contributed by atoms with E-state index in [0.717, 1.165) is 19.4 Å². The minimum absolute atomic E-state index is 0.141. The number of aliphatic imine (C=N–C) groups is 1. The van der Waals surface area contributed by atoms with Gasteiger partial charge in [0.2, 0.25) is 0 Å². The smallest absolute Gasteiger partial charge is 0.356 e. The van der Waals surface area contributed by atoms with Crippen molar-refractivity contribution in [3.63, 3.8) is 0 Å². The summed E-state index contributed by atoms with van der Waals surface area (Å²) in [6, 6.07) is 0. The Bertz CT molecular complexity index is 214. The van der Waals surface area contributed by atoms with Crippen LogP contribution in [0.1, 0.15) is 39.0 Å². The fraction of sp³-hybridized carbons (Fsp3) is 0.909. The Morgan fingerprint density at radius 3 is 2.24 bits per heavy atom. The molecule has 0 spiro atoms. The quantitative estimate of drug-likeness (QED) is 0.416. The third-order valence-electron chi connectivity index (χ3n) is 2.25. The van der Waals surface area contributed by atoms with E-state index in [4.69, 9.17) is 0 Å². The summed E-state index contributed by atoms with van der Waals surface area (Å²) in [7, 11) is 1.55. The first kappa shape index (κ1) is 16.1. The van der Waals surface area contributed by atoms with E-state index < -0.39 is 12.6 Å². The lowest BCUT2D eigenvalue weighted by Crippen LogP contribution is -2.39. The maximum absolute atomic E-state index is 11.9. The topological polar surface area (TPSA) is 36.4 Å². The van der Waals surface area contributed by atoms with E-state index in [1.54, 1.807) is 7.05 Å². The predicted molar refractivity (Wildman–Crippen MR) is 64.2 cm³/mol. The lowest BCUT2D eigenvalue weighted by atomic mass is 10.2. The Kier molecular flexibility index (Phi) is 8.62. The molecule has 0 aromatic carbocycles. The van der Waals surface area contributed by atoms with E-state index in [2.05, 4.69) is 22.5 Å². The van der Waals surface area contributed by atoms with Gasteiger partial charge < -0.3 is 10.6 Å². The monoisotopic (exact) mass is 253 g/mol. The molecule has 0 saturated carbocycles. The average molecular weight is 253 g/mol. The highest BCUT2D eigenvalue weighted by Gasteiger charge is 2.26. The molecular formula is C11H22F3N3. The second-order valence-corrected chi connectivity index (χ2v) is 3.85. The van der Waals surface area contributed by atoms with Crippen molar-refractivity contribution >= 4 is 5.96 Å². The molecule has 102 valence electrons. The van der Waals surface area contributed by atoms with E-state index in [0.29, 0.717) is 5.96 Å². The van der Waals surface area contributed by atoms with Crippen molar-refractivity contribution in [1.82, 2.24) is 10.6 Å². The molecule has 3 nitrogen and oxygen atoms in total. The predicted octanol–water partition coefficient (Wildman–Crippen LogP) is 2.68. The molecule has 6 heteroatoms. The molecule has 0 unspecified atom stereocenters. The van der Waals surface area contributed by atoms with Crippen LogP contribution in [0, 0.1) is 0 Å². The molecule has 0 rings (SSSR count). The van der Waals surface area contributed by atoms with Crippen molar-refractivity contribution < 1.29 is 13.2 Å². The summed E-state index contributed by atoms with van der Waals surface area (Å²) in [5.41, 5.74) is 0. The van der Waals surface area contributed by atoms with Gasteiger partial charge in [-0.1, -0.05) is 26.2 Å². The minimum Gasteiger partial charge on any atom is -0.356 e. The van der Waals surface area contributed by atoms with Gasteiger partial charge in [-0.3, -0.25) is 4.99 Å². The van der Waals surface area contributed by atoms with E-state index in [9.17, 15) is 13.2 Å². The second-order valence-electron chi connectivity index (χ2n) is 3.85. The van der Waals surface area contributed by atoms with E-state index in [-0.39, 0.29) is 6.54 Å². The number of hydrogen-bond donors (Lipinski definition) is 2. The third kappa shape index (κ3) is 11.3. The highest BCUT2D eigenvalue weighted by atomic mass is 19.4. The molecule has 0 heterocycles. The van der Waals surface area contributed by atoms with Crippen LogP contribution in [0.3, 0.4) is 0 Å². The Balaban J connectivity index is 3.57. The summed E-state index contributed by atoms with van der Waals surface area (Å²) in [5.74, 6) is 0.436. The number of unbranched alkanes of at least 4 members (excludes halogenated alkanes) is 3. The fourth-order valence-electron chi connectivity index (χ4n) is 1.30. The summed E-state index contributed by atoms with van der Waals surface area (Å²) < 4.78 is 35.7. The molecule has 0 saturated heterocycles. The van der Waals surface area contributed by atoms with Crippen molar-refractivity contribution in [1.29, 1.82) is 0 Å². The molecule has 0 amide bonds. The fourth-order valence-corrected chi connectivity index (χ4v) is 1.30. The van der Waals surface area contributed by atoms with Gasteiger partial charge in [-0.05, 0) is 6.42 Å². The van der Waals surface area contributed by atoms with Gasteiger partial charge in [0.25, 0.3) is 0 Å². The lowest BCUT2D eigenvalue weighted by molar-refractivity contribution is -0.132. The van der Waals surface area contributed by atoms with Crippen LogP contribution in [-0.4, -0.2) is 32.3 Å². The van der Waals surface area contributed by atoms with Crippen molar-refractivity contribution in [2.45, 2.75) is 45.2 Å². The average Bonchev–Trinajstić information content (AvgIpc) is 2.25. The number of rotatable bonds is 7. The van der Waals surface area contributed by atoms with Gasteiger partial charge >= 0.3 is 6.18 Å². The zero-order valence-corrected chi connectivity index (χ0v) is 10.5. The SMILES string of the molecule is CCCCCCNC(=NC)NCCC(F)(F)F.